The minimum atomic E-state index is -2.65. The quantitative estimate of drug-likeness (QED) is 0.223. The number of nitrogens with two attached hydrogens (primary N) is 2. The van der Waals surface area contributed by atoms with Gasteiger partial charge in [-0.2, -0.15) is 5.10 Å². The number of benzene rings is 2. The summed E-state index contributed by atoms with van der Waals surface area (Å²) in [4.78, 5) is 34.7. The summed E-state index contributed by atoms with van der Waals surface area (Å²) < 4.78 is 29.4. The van der Waals surface area contributed by atoms with Gasteiger partial charge in [-0.25, -0.2) is 28.4 Å². The zero-order valence-electron chi connectivity index (χ0n) is 23.6. The van der Waals surface area contributed by atoms with E-state index in [0.717, 1.165) is 24.9 Å². The number of phenols is 1. The molecule has 13 heteroatoms. The average molecular weight is 609 g/mol. The van der Waals surface area contributed by atoms with Crippen molar-refractivity contribution >= 4 is 29.2 Å². The van der Waals surface area contributed by atoms with Gasteiger partial charge >= 0.3 is 0 Å². The summed E-state index contributed by atoms with van der Waals surface area (Å²) in [6.07, 6.45) is 4.18. The first-order valence-electron chi connectivity index (χ1n) is 13.9. The van der Waals surface area contributed by atoms with Crippen molar-refractivity contribution in [1.82, 2.24) is 29.3 Å². The third-order valence-electron chi connectivity index (χ3n) is 7.42. The summed E-state index contributed by atoms with van der Waals surface area (Å²) in [5, 5.41) is 13.0. The van der Waals surface area contributed by atoms with Crippen molar-refractivity contribution in [1.29, 1.82) is 0 Å². The maximum Gasteiger partial charge on any atom is 0.282 e. The first-order valence-corrected chi connectivity index (χ1v) is 13.9. The van der Waals surface area contributed by atoms with Crippen LogP contribution in [-0.4, -0.2) is 46.6 Å². The number of alkyl halides is 2. The predicted octanol–water partition coefficient (Wildman–Crippen LogP) is 4.98. The fourth-order valence-corrected chi connectivity index (χ4v) is 5.19. The highest BCUT2D eigenvalue weighted by Crippen LogP contribution is 2.33. The maximum atomic E-state index is 13.0. The summed E-state index contributed by atoms with van der Waals surface area (Å²) in [6.45, 7) is 0. The molecule has 0 atom stereocenters. The monoisotopic (exact) mass is 608 g/mol. The van der Waals surface area contributed by atoms with Crippen LogP contribution >= 0.6 is 0 Å². The van der Waals surface area contributed by atoms with Crippen LogP contribution in [0.3, 0.4) is 0 Å². The second kappa shape index (κ2) is 12.0. The maximum absolute atomic E-state index is 13.0. The number of halogens is 2. The molecule has 6 aromatic rings. The number of primary amides is 1. The molecule has 0 fully saturated rings. The SMILES string of the molecule is NC(=O)c1ccc(O)c(C=O)c1.Nc1ncccc1-c1nc2ccc(-n3ccc(C(F)F)n3)nc2n1-c1ccc2c(c1)CCC2. The Morgan fingerprint density at radius 1 is 1.00 bits per heavy atom. The van der Waals surface area contributed by atoms with Gasteiger partial charge in [-0.3, -0.25) is 14.2 Å². The predicted molar refractivity (Wildman–Crippen MR) is 163 cm³/mol. The van der Waals surface area contributed by atoms with E-state index < -0.39 is 12.3 Å². The Morgan fingerprint density at radius 2 is 1.82 bits per heavy atom. The molecule has 7 rings (SSSR count). The average Bonchev–Trinajstić information content (AvgIpc) is 3.80. The molecule has 0 saturated heterocycles. The van der Waals surface area contributed by atoms with E-state index >= 15 is 0 Å². The number of carbonyl (C=O) groups excluding carboxylic acids is 2. The van der Waals surface area contributed by atoms with Crippen LogP contribution in [0.5, 0.6) is 5.75 Å². The lowest BCUT2D eigenvalue weighted by Crippen LogP contribution is -2.10. The molecule has 0 aliphatic heterocycles. The second-order valence-corrected chi connectivity index (χ2v) is 10.3. The zero-order chi connectivity index (χ0) is 31.7. The van der Waals surface area contributed by atoms with Crippen molar-refractivity contribution in [3.8, 4) is 28.6 Å². The van der Waals surface area contributed by atoms with Crippen molar-refractivity contribution < 1.29 is 23.5 Å². The number of aromatic nitrogens is 6. The Kier molecular flexibility index (Phi) is 7.73. The molecule has 45 heavy (non-hydrogen) atoms. The van der Waals surface area contributed by atoms with E-state index in [0.29, 0.717) is 40.5 Å². The van der Waals surface area contributed by atoms with Crippen LogP contribution in [-0.2, 0) is 12.8 Å². The molecular weight excluding hydrogens is 582 g/mol. The summed E-state index contributed by atoms with van der Waals surface area (Å²) in [7, 11) is 0. The number of imidazole rings is 1. The number of aldehydes is 1. The van der Waals surface area contributed by atoms with Gasteiger partial charge in [0.1, 0.15) is 22.8 Å². The molecule has 4 heterocycles. The van der Waals surface area contributed by atoms with E-state index in [1.165, 1.54) is 46.3 Å². The number of aryl methyl sites for hydroxylation is 2. The number of hydrogen-bond acceptors (Lipinski definition) is 8. The Morgan fingerprint density at radius 3 is 2.56 bits per heavy atom. The molecule has 4 aromatic heterocycles. The number of hydrogen-bond donors (Lipinski definition) is 3. The van der Waals surface area contributed by atoms with Crippen molar-refractivity contribution in [2.75, 3.05) is 5.73 Å². The minimum Gasteiger partial charge on any atom is -0.507 e. The number of pyridine rings is 2. The third kappa shape index (κ3) is 5.70. The lowest BCUT2D eigenvalue weighted by Gasteiger charge is -2.12. The molecule has 11 nitrogen and oxygen atoms in total. The van der Waals surface area contributed by atoms with Gasteiger partial charge in [0.05, 0.1) is 11.1 Å². The Hall–Kier alpha value is -5.98. The van der Waals surface area contributed by atoms with Crippen molar-refractivity contribution in [3.63, 3.8) is 0 Å². The number of phenolic OH excluding ortho intramolecular Hbond substituents is 1. The zero-order valence-corrected chi connectivity index (χ0v) is 23.6. The van der Waals surface area contributed by atoms with Crippen molar-refractivity contribution in [3.05, 3.63) is 107 Å². The van der Waals surface area contributed by atoms with Gasteiger partial charge in [-0.1, -0.05) is 6.07 Å². The fourth-order valence-electron chi connectivity index (χ4n) is 5.19. The standard InChI is InChI=1S/C24H19F2N7.C8H7NO3/c25-21(26)18-10-12-32(31-18)20-9-8-19-24(30-20)33(16-7-6-14-3-1-4-15(14)13-16)23(29-19)17-5-2-11-28-22(17)27;9-8(12)5-1-2-7(11)6(3-5)4-10/h2,5-13,21H,1,3-4H2,(H2,27,28);1-4,11H,(H2,9,12). The number of nitrogen functional groups attached to an aromatic ring is 1. The van der Waals surface area contributed by atoms with Crippen LogP contribution < -0.4 is 11.5 Å². The molecule has 0 saturated carbocycles. The second-order valence-electron chi connectivity index (χ2n) is 10.3. The molecule has 0 bridgehead atoms. The molecule has 0 radical (unpaired) electrons. The van der Waals surface area contributed by atoms with Crippen LogP contribution in [0.4, 0.5) is 14.6 Å². The van der Waals surface area contributed by atoms with Crippen LogP contribution in [0.1, 0.15) is 50.4 Å². The molecule has 1 amide bonds. The minimum absolute atomic E-state index is 0.0614. The van der Waals surface area contributed by atoms with Gasteiger partial charge < -0.3 is 16.6 Å². The molecule has 0 spiro atoms. The highest BCUT2D eigenvalue weighted by molar-refractivity contribution is 5.95. The molecule has 226 valence electrons. The molecular formula is C32H26F2N8O3. The van der Waals surface area contributed by atoms with E-state index in [4.69, 9.17) is 26.5 Å². The highest BCUT2D eigenvalue weighted by Gasteiger charge is 2.21. The number of nitrogens with zero attached hydrogens (tertiary/aromatic N) is 6. The van der Waals surface area contributed by atoms with Crippen molar-refractivity contribution in [2.45, 2.75) is 25.7 Å². The lowest BCUT2D eigenvalue weighted by atomic mass is 10.1. The summed E-state index contributed by atoms with van der Waals surface area (Å²) >= 11 is 0. The van der Waals surface area contributed by atoms with Crippen molar-refractivity contribution in [2.24, 2.45) is 5.73 Å². The van der Waals surface area contributed by atoms with E-state index in [1.807, 2.05) is 16.7 Å². The van der Waals surface area contributed by atoms with Gasteiger partial charge in [0, 0.05) is 23.6 Å². The Bertz CT molecular complexity index is 2070. The summed E-state index contributed by atoms with van der Waals surface area (Å²) in [5.74, 6) is 0.617. The summed E-state index contributed by atoms with van der Waals surface area (Å²) in [5.41, 5.74) is 16.6. The van der Waals surface area contributed by atoms with E-state index in [-0.39, 0.29) is 22.6 Å². The van der Waals surface area contributed by atoms with E-state index in [1.54, 1.807) is 18.3 Å². The number of carbonyl (C=O) groups is 2. The smallest absolute Gasteiger partial charge is 0.282 e. The lowest BCUT2D eigenvalue weighted by molar-refractivity contribution is 0.1000. The Balaban J connectivity index is 0.000000252. The van der Waals surface area contributed by atoms with Crippen LogP contribution in [0.15, 0.2) is 79.1 Å². The first-order chi connectivity index (χ1) is 21.7. The third-order valence-corrected chi connectivity index (χ3v) is 7.42. The number of rotatable bonds is 6. The molecule has 2 aromatic carbocycles. The van der Waals surface area contributed by atoms with Gasteiger partial charge in [0.15, 0.2) is 23.6 Å². The molecule has 5 N–H and O–H groups in total. The number of fused-ring (bicyclic) bond motifs is 2. The molecule has 1 aliphatic carbocycles. The van der Waals surface area contributed by atoms with E-state index in [9.17, 15) is 18.4 Å². The Labute approximate surface area is 254 Å². The number of anilines is 1. The number of aromatic hydroxyl groups is 1. The van der Waals surface area contributed by atoms with Crippen LogP contribution in [0, 0.1) is 0 Å². The number of amides is 1. The van der Waals surface area contributed by atoms with Gasteiger partial charge in [-0.15, -0.1) is 0 Å². The highest BCUT2D eigenvalue weighted by atomic mass is 19.3. The van der Waals surface area contributed by atoms with Gasteiger partial charge in [0.25, 0.3) is 6.43 Å². The topological polar surface area (TPSA) is 168 Å². The van der Waals surface area contributed by atoms with Crippen LogP contribution in [0.25, 0.3) is 34.1 Å². The normalized spacial score (nSPS) is 12.2. The largest absolute Gasteiger partial charge is 0.507 e. The molecule has 1 aliphatic rings. The summed E-state index contributed by atoms with van der Waals surface area (Å²) in [6, 6.07) is 18.7. The fraction of sp³-hybridized carbons (Fsp3) is 0.125. The van der Waals surface area contributed by atoms with E-state index in [2.05, 4.69) is 28.3 Å². The van der Waals surface area contributed by atoms with Crippen LogP contribution in [0.2, 0.25) is 0 Å². The van der Waals surface area contributed by atoms with Gasteiger partial charge in [-0.05, 0) is 91.1 Å². The van der Waals surface area contributed by atoms with Gasteiger partial charge in [0.2, 0.25) is 5.91 Å². The molecule has 0 unspecified atom stereocenters. The first kappa shape index (κ1) is 29.1.